The Morgan fingerprint density at radius 2 is 1.80 bits per heavy atom. The summed E-state index contributed by atoms with van der Waals surface area (Å²) in [4.78, 5) is 10.5. The second-order valence-electron chi connectivity index (χ2n) is 2.72. The van der Waals surface area contributed by atoms with Crippen molar-refractivity contribution < 1.29 is 23.1 Å². The molecule has 15 heavy (non-hydrogen) atoms. The summed E-state index contributed by atoms with van der Waals surface area (Å²) in [6.07, 6.45) is -2.90. The molecule has 0 aliphatic rings. The number of hydrogen-bond acceptors (Lipinski definition) is 2. The van der Waals surface area contributed by atoms with Crippen LogP contribution in [-0.4, -0.2) is 12.2 Å². The van der Waals surface area contributed by atoms with E-state index in [4.69, 9.17) is 0 Å². The quantitative estimate of drug-likeness (QED) is 0.564. The van der Waals surface area contributed by atoms with Crippen LogP contribution in [0.25, 0.3) is 5.76 Å². The summed E-state index contributed by atoms with van der Waals surface area (Å²) in [6.45, 7) is 0. The average Bonchev–Trinajstić information content (AvgIpc) is 2.18. The molecule has 0 heterocycles. The minimum Gasteiger partial charge on any atom is -0.872 e. The van der Waals surface area contributed by atoms with E-state index in [9.17, 15) is 23.1 Å². The Balaban J connectivity index is 2.89. The van der Waals surface area contributed by atoms with Crippen LogP contribution in [-0.2, 0) is 4.79 Å². The predicted octanol–water partition coefficient (Wildman–Crippen LogP) is 1.36. The number of ketones is 1. The van der Waals surface area contributed by atoms with Gasteiger partial charge in [-0.3, -0.25) is 4.79 Å². The van der Waals surface area contributed by atoms with Gasteiger partial charge in [-0.05, 0) is 23.8 Å². The van der Waals surface area contributed by atoms with Crippen LogP contribution in [0.2, 0.25) is 0 Å². The molecule has 5 heteroatoms. The first kappa shape index (κ1) is 11.3. The van der Waals surface area contributed by atoms with Gasteiger partial charge < -0.3 is 5.11 Å². The van der Waals surface area contributed by atoms with Crippen LogP contribution in [0.5, 0.6) is 0 Å². The molecule has 0 unspecified atom stereocenters. The van der Waals surface area contributed by atoms with Gasteiger partial charge in [0.25, 0.3) is 6.43 Å². The molecular weight excluding hydrogens is 209 g/mol. The highest BCUT2D eigenvalue weighted by Gasteiger charge is 2.11. The first-order chi connectivity index (χ1) is 7.00. The Kier molecular flexibility index (Phi) is 3.49. The second-order valence-corrected chi connectivity index (χ2v) is 2.72. The number of carbonyl (C=O) groups excluding carboxylic acids is 1. The van der Waals surface area contributed by atoms with Crippen LogP contribution in [0.3, 0.4) is 0 Å². The highest BCUT2D eigenvalue weighted by atomic mass is 19.3. The molecule has 0 aliphatic carbocycles. The van der Waals surface area contributed by atoms with Gasteiger partial charge in [0.15, 0.2) is 0 Å². The number of rotatable bonds is 3. The molecule has 1 aromatic carbocycles. The number of alkyl halides is 2. The lowest BCUT2D eigenvalue weighted by Crippen LogP contribution is -2.11. The summed E-state index contributed by atoms with van der Waals surface area (Å²) in [5, 5.41) is 11.1. The molecule has 0 bridgehead atoms. The molecule has 0 aromatic heterocycles. The lowest BCUT2D eigenvalue weighted by Gasteiger charge is -2.11. The average molecular weight is 215 g/mol. The highest BCUT2D eigenvalue weighted by molar-refractivity contribution is 5.97. The molecule has 0 spiro atoms. The fourth-order valence-corrected chi connectivity index (χ4v) is 0.890. The van der Waals surface area contributed by atoms with Crippen LogP contribution < -0.4 is 5.11 Å². The first-order valence-corrected chi connectivity index (χ1v) is 3.97. The monoisotopic (exact) mass is 215 g/mol. The van der Waals surface area contributed by atoms with E-state index in [1.165, 1.54) is 0 Å². The van der Waals surface area contributed by atoms with Gasteiger partial charge in [0.05, 0.1) is 0 Å². The molecule has 0 N–H and O–H groups in total. The van der Waals surface area contributed by atoms with E-state index in [0.717, 1.165) is 24.3 Å². The Labute approximate surface area is 83.7 Å². The molecule has 1 aromatic rings. The Morgan fingerprint density at radius 3 is 2.27 bits per heavy atom. The van der Waals surface area contributed by atoms with Gasteiger partial charge in [-0.1, -0.05) is 17.9 Å². The zero-order valence-electron chi connectivity index (χ0n) is 7.41. The summed E-state index contributed by atoms with van der Waals surface area (Å²) >= 11 is 0. The van der Waals surface area contributed by atoms with Crippen molar-refractivity contribution in [3.8, 4) is 0 Å². The normalized spacial score (nSPS) is 11.9. The van der Waals surface area contributed by atoms with Crippen molar-refractivity contribution in [2.45, 2.75) is 6.43 Å². The molecule has 0 aliphatic heterocycles. The van der Waals surface area contributed by atoms with Gasteiger partial charge in [-0.25, -0.2) is 13.2 Å². The molecule has 0 saturated heterocycles. The summed E-state index contributed by atoms with van der Waals surface area (Å²) in [6, 6.07) is 4.25. The number of benzene rings is 1. The zero-order chi connectivity index (χ0) is 11.4. The largest absolute Gasteiger partial charge is 0.872 e. The van der Waals surface area contributed by atoms with E-state index in [1.807, 2.05) is 0 Å². The third-order valence-corrected chi connectivity index (χ3v) is 1.62. The molecule has 1 rings (SSSR count). The van der Waals surface area contributed by atoms with Crippen molar-refractivity contribution in [2.75, 3.05) is 0 Å². The summed E-state index contributed by atoms with van der Waals surface area (Å²) in [7, 11) is 0. The van der Waals surface area contributed by atoms with Crippen molar-refractivity contribution in [1.82, 2.24) is 0 Å². The zero-order valence-corrected chi connectivity index (χ0v) is 7.41. The van der Waals surface area contributed by atoms with Crippen molar-refractivity contribution >= 4 is 11.5 Å². The SMILES string of the molecule is O=C(C=C([O-])c1ccc(F)cc1)C(F)F. The Hall–Kier alpha value is -1.78. The van der Waals surface area contributed by atoms with Gasteiger partial charge >= 0.3 is 0 Å². The highest BCUT2D eigenvalue weighted by Crippen LogP contribution is 2.10. The number of carbonyl (C=O) groups is 1. The number of hydrogen-bond donors (Lipinski definition) is 0. The third-order valence-electron chi connectivity index (χ3n) is 1.62. The van der Waals surface area contributed by atoms with Gasteiger partial charge in [0, 0.05) is 0 Å². The minimum absolute atomic E-state index is 0.00889. The van der Waals surface area contributed by atoms with Crippen LogP contribution in [0.1, 0.15) is 5.56 Å². The molecule has 80 valence electrons. The van der Waals surface area contributed by atoms with Gasteiger partial charge in [0.1, 0.15) is 5.82 Å². The van der Waals surface area contributed by atoms with Crippen molar-refractivity contribution in [2.24, 2.45) is 0 Å². The Bertz CT molecular complexity index is 382. The fraction of sp³-hybridized carbons (Fsp3) is 0.100. The van der Waals surface area contributed by atoms with Crippen LogP contribution in [0.4, 0.5) is 13.2 Å². The van der Waals surface area contributed by atoms with Gasteiger partial charge in [0.2, 0.25) is 5.78 Å². The van der Waals surface area contributed by atoms with E-state index >= 15 is 0 Å². The maximum Gasteiger partial charge on any atom is 0.299 e. The summed E-state index contributed by atoms with van der Waals surface area (Å²) < 4.78 is 36.0. The Morgan fingerprint density at radius 1 is 1.27 bits per heavy atom. The molecule has 0 saturated carbocycles. The van der Waals surface area contributed by atoms with Crippen molar-refractivity contribution in [3.05, 3.63) is 41.7 Å². The van der Waals surface area contributed by atoms with Gasteiger partial charge in [-0.15, -0.1) is 0 Å². The van der Waals surface area contributed by atoms with Crippen LogP contribution in [0.15, 0.2) is 30.3 Å². The lowest BCUT2D eigenvalue weighted by molar-refractivity contribution is -0.244. The van der Waals surface area contributed by atoms with Gasteiger partial charge in [-0.2, -0.15) is 0 Å². The fourth-order valence-electron chi connectivity index (χ4n) is 0.890. The topological polar surface area (TPSA) is 40.1 Å². The summed E-state index contributed by atoms with van der Waals surface area (Å²) in [5.41, 5.74) is -0.00889. The molecule has 0 amide bonds. The number of halogens is 3. The maximum atomic E-state index is 12.4. The smallest absolute Gasteiger partial charge is 0.299 e. The molecule has 0 radical (unpaired) electrons. The predicted molar refractivity (Wildman–Crippen MR) is 45.4 cm³/mol. The minimum atomic E-state index is -3.20. The van der Waals surface area contributed by atoms with Crippen LogP contribution >= 0.6 is 0 Å². The van der Waals surface area contributed by atoms with E-state index in [2.05, 4.69) is 0 Å². The second kappa shape index (κ2) is 4.63. The van der Waals surface area contributed by atoms with E-state index in [1.54, 1.807) is 0 Å². The third kappa shape index (κ3) is 3.12. The van der Waals surface area contributed by atoms with E-state index < -0.39 is 23.8 Å². The molecular formula is C10H6F3O2-. The standard InChI is InChI=1S/C10H7F3O2/c11-7-3-1-6(2-4-7)8(14)5-9(15)10(12)13/h1-5,10,14H/p-1. The van der Waals surface area contributed by atoms with Crippen molar-refractivity contribution in [3.63, 3.8) is 0 Å². The van der Waals surface area contributed by atoms with Crippen LogP contribution in [0, 0.1) is 5.82 Å². The first-order valence-electron chi connectivity index (χ1n) is 3.97. The molecule has 0 fully saturated rings. The summed E-state index contributed by atoms with van der Waals surface area (Å²) in [5.74, 6) is -2.96. The van der Waals surface area contributed by atoms with E-state index in [-0.39, 0.29) is 5.56 Å². The number of allylic oxidation sites excluding steroid dienone is 1. The van der Waals surface area contributed by atoms with Crippen molar-refractivity contribution in [1.29, 1.82) is 0 Å². The van der Waals surface area contributed by atoms with E-state index in [0.29, 0.717) is 6.08 Å². The lowest BCUT2D eigenvalue weighted by atomic mass is 10.1. The molecule has 2 nitrogen and oxygen atoms in total. The maximum absolute atomic E-state index is 12.4. The molecule has 0 atom stereocenters.